The first-order valence-corrected chi connectivity index (χ1v) is 7.17. The van der Waals surface area contributed by atoms with Gasteiger partial charge in [-0.25, -0.2) is 4.98 Å². The minimum absolute atomic E-state index is 0.112. The Labute approximate surface area is 135 Å². The van der Waals surface area contributed by atoms with Gasteiger partial charge in [0.05, 0.1) is 24.3 Å². The third-order valence-electron chi connectivity index (χ3n) is 3.73. The molecule has 0 radical (unpaired) electrons. The minimum Gasteiger partial charge on any atom is -0.471 e. The molecule has 1 aliphatic heterocycles. The third-order valence-corrected chi connectivity index (χ3v) is 3.73. The lowest BCUT2D eigenvalue weighted by Crippen LogP contribution is -2.56. The summed E-state index contributed by atoms with van der Waals surface area (Å²) in [6.45, 7) is 3.85. The zero-order valence-electron chi connectivity index (χ0n) is 12.9. The van der Waals surface area contributed by atoms with Gasteiger partial charge in [0.2, 0.25) is 5.88 Å². The quantitative estimate of drug-likeness (QED) is 0.858. The Morgan fingerprint density at radius 3 is 2.67 bits per heavy atom. The molecule has 2 aromatic heterocycles. The molecule has 0 bridgehead atoms. The number of amides is 1. The zero-order chi connectivity index (χ0) is 17.5. The van der Waals surface area contributed by atoms with Crippen LogP contribution in [0, 0.1) is 13.8 Å². The van der Waals surface area contributed by atoms with E-state index in [-0.39, 0.29) is 24.9 Å². The predicted molar refractivity (Wildman–Crippen MR) is 75.5 cm³/mol. The van der Waals surface area contributed by atoms with Crippen molar-refractivity contribution < 1.29 is 27.2 Å². The summed E-state index contributed by atoms with van der Waals surface area (Å²) in [6, 6.07) is 1.72. The number of ether oxygens (including phenoxy) is 1. The molecule has 128 valence electrons. The van der Waals surface area contributed by atoms with Crippen LogP contribution < -0.4 is 4.74 Å². The lowest BCUT2D eigenvalue weighted by molar-refractivity contribution is -0.137. The first kappa shape index (κ1) is 16.3. The Balaban J connectivity index is 1.61. The van der Waals surface area contributed by atoms with Gasteiger partial charge in [-0.3, -0.25) is 4.79 Å². The van der Waals surface area contributed by atoms with Crippen molar-refractivity contribution in [3.8, 4) is 5.88 Å². The molecule has 1 fully saturated rings. The zero-order valence-corrected chi connectivity index (χ0v) is 12.9. The van der Waals surface area contributed by atoms with Crippen LogP contribution in [0.25, 0.3) is 0 Å². The summed E-state index contributed by atoms with van der Waals surface area (Å²) >= 11 is 0. The molecule has 0 spiro atoms. The van der Waals surface area contributed by atoms with E-state index in [9.17, 15) is 18.0 Å². The van der Waals surface area contributed by atoms with E-state index < -0.39 is 17.8 Å². The second kappa shape index (κ2) is 5.81. The van der Waals surface area contributed by atoms with Crippen molar-refractivity contribution in [2.75, 3.05) is 13.1 Å². The van der Waals surface area contributed by atoms with Crippen LogP contribution in [0.4, 0.5) is 13.2 Å². The molecule has 1 amide bonds. The molecule has 2 aromatic rings. The van der Waals surface area contributed by atoms with E-state index in [0.717, 1.165) is 18.3 Å². The summed E-state index contributed by atoms with van der Waals surface area (Å²) in [5, 5.41) is 3.73. The number of likely N-dealkylation sites (tertiary alicyclic amines) is 1. The molecule has 0 atom stereocenters. The number of halogens is 3. The number of rotatable bonds is 3. The van der Waals surface area contributed by atoms with E-state index in [0.29, 0.717) is 17.0 Å². The molecule has 3 rings (SSSR count). The van der Waals surface area contributed by atoms with Crippen LogP contribution in [-0.4, -0.2) is 40.1 Å². The Morgan fingerprint density at radius 2 is 2.08 bits per heavy atom. The van der Waals surface area contributed by atoms with Gasteiger partial charge in [0.15, 0.2) is 0 Å². The fraction of sp³-hybridized carbons (Fsp3) is 0.400. The van der Waals surface area contributed by atoms with Gasteiger partial charge in [-0.1, -0.05) is 5.16 Å². The molecule has 9 heteroatoms. The van der Waals surface area contributed by atoms with Crippen molar-refractivity contribution in [1.29, 1.82) is 0 Å². The van der Waals surface area contributed by atoms with E-state index >= 15 is 0 Å². The Bertz CT molecular complexity index is 747. The maximum absolute atomic E-state index is 12.7. The first-order chi connectivity index (χ1) is 11.3. The molecule has 1 saturated heterocycles. The van der Waals surface area contributed by atoms with E-state index in [2.05, 4.69) is 10.1 Å². The SMILES string of the molecule is Cc1noc(C)c1C(=O)N1CC(Oc2cc(C(F)(F)F)ccn2)C1. The van der Waals surface area contributed by atoms with Crippen LogP contribution in [0.5, 0.6) is 5.88 Å². The normalized spacial score (nSPS) is 15.3. The number of carbonyl (C=O) groups is 1. The molecule has 24 heavy (non-hydrogen) atoms. The fourth-order valence-electron chi connectivity index (χ4n) is 2.45. The van der Waals surface area contributed by atoms with E-state index in [1.165, 1.54) is 4.90 Å². The highest BCUT2D eigenvalue weighted by atomic mass is 19.4. The topological polar surface area (TPSA) is 68.5 Å². The highest BCUT2D eigenvalue weighted by Gasteiger charge is 2.36. The third kappa shape index (κ3) is 3.06. The van der Waals surface area contributed by atoms with Gasteiger partial charge in [-0.15, -0.1) is 0 Å². The number of hydrogen-bond donors (Lipinski definition) is 0. The van der Waals surface area contributed by atoms with Gasteiger partial charge in [-0.2, -0.15) is 13.2 Å². The molecule has 0 unspecified atom stereocenters. The van der Waals surface area contributed by atoms with Crippen LogP contribution >= 0.6 is 0 Å². The number of alkyl halides is 3. The fourth-order valence-corrected chi connectivity index (χ4v) is 2.45. The average molecular weight is 341 g/mol. The summed E-state index contributed by atoms with van der Waals surface area (Å²) in [6.07, 6.45) is -3.80. The van der Waals surface area contributed by atoms with Crippen LogP contribution in [0.3, 0.4) is 0 Å². The Hall–Kier alpha value is -2.58. The lowest BCUT2D eigenvalue weighted by Gasteiger charge is -2.38. The Morgan fingerprint density at radius 1 is 1.38 bits per heavy atom. The largest absolute Gasteiger partial charge is 0.471 e. The number of nitrogens with zero attached hydrogens (tertiary/aromatic N) is 3. The van der Waals surface area contributed by atoms with Gasteiger partial charge < -0.3 is 14.2 Å². The summed E-state index contributed by atoms with van der Waals surface area (Å²) in [7, 11) is 0. The van der Waals surface area contributed by atoms with Crippen molar-refractivity contribution in [2.45, 2.75) is 26.1 Å². The summed E-state index contributed by atoms with van der Waals surface area (Å²) in [5.41, 5.74) is 0.0857. The van der Waals surface area contributed by atoms with Crippen molar-refractivity contribution in [3.05, 3.63) is 40.9 Å². The molecular formula is C15H14F3N3O3. The maximum atomic E-state index is 12.7. The van der Waals surface area contributed by atoms with Gasteiger partial charge in [0, 0.05) is 12.3 Å². The van der Waals surface area contributed by atoms with Gasteiger partial charge in [-0.05, 0) is 19.9 Å². The number of aromatic nitrogens is 2. The number of carbonyl (C=O) groups excluding carboxylic acids is 1. The van der Waals surface area contributed by atoms with E-state index in [1.807, 2.05) is 0 Å². The Kier molecular flexibility index (Phi) is 3.94. The molecule has 0 aromatic carbocycles. The van der Waals surface area contributed by atoms with Crippen molar-refractivity contribution >= 4 is 5.91 Å². The van der Waals surface area contributed by atoms with Crippen LogP contribution in [-0.2, 0) is 6.18 Å². The standard InChI is InChI=1S/C15H14F3N3O3/c1-8-13(9(2)24-20-8)14(22)21-6-11(7-21)23-12-5-10(3-4-19-12)15(16,17)18/h3-5,11H,6-7H2,1-2H3. The first-order valence-electron chi connectivity index (χ1n) is 7.17. The summed E-state index contributed by atoms with van der Waals surface area (Å²) in [5.74, 6) is 0.0868. The van der Waals surface area contributed by atoms with Gasteiger partial charge in [0.25, 0.3) is 5.91 Å². The molecular weight excluding hydrogens is 327 g/mol. The van der Waals surface area contributed by atoms with Crippen molar-refractivity contribution in [3.63, 3.8) is 0 Å². The van der Waals surface area contributed by atoms with Crippen molar-refractivity contribution in [2.24, 2.45) is 0 Å². The lowest BCUT2D eigenvalue weighted by atomic mass is 10.1. The van der Waals surface area contributed by atoms with Crippen LogP contribution in [0.2, 0.25) is 0 Å². The monoisotopic (exact) mass is 341 g/mol. The smallest absolute Gasteiger partial charge is 0.416 e. The molecule has 6 nitrogen and oxygen atoms in total. The van der Waals surface area contributed by atoms with Crippen LogP contribution in [0.15, 0.2) is 22.9 Å². The molecule has 0 N–H and O–H groups in total. The highest BCUT2D eigenvalue weighted by molar-refractivity contribution is 5.96. The molecule has 3 heterocycles. The second-order valence-corrected chi connectivity index (χ2v) is 5.53. The summed E-state index contributed by atoms with van der Waals surface area (Å²) in [4.78, 5) is 17.6. The molecule has 0 aliphatic carbocycles. The summed E-state index contributed by atoms with van der Waals surface area (Å²) < 4.78 is 48.3. The van der Waals surface area contributed by atoms with Gasteiger partial charge >= 0.3 is 6.18 Å². The van der Waals surface area contributed by atoms with E-state index in [1.54, 1.807) is 13.8 Å². The van der Waals surface area contributed by atoms with Gasteiger partial charge in [0.1, 0.15) is 17.4 Å². The minimum atomic E-state index is -4.45. The average Bonchev–Trinajstić information content (AvgIpc) is 2.80. The van der Waals surface area contributed by atoms with Crippen molar-refractivity contribution in [1.82, 2.24) is 15.0 Å². The number of hydrogen-bond acceptors (Lipinski definition) is 5. The van der Waals surface area contributed by atoms with Crippen LogP contribution in [0.1, 0.15) is 27.4 Å². The number of pyridine rings is 1. The second-order valence-electron chi connectivity index (χ2n) is 5.53. The molecule has 0 saturated carbocycles. The highest BCUT2D eigenvalue weighted by Crippen LogP contribution is 2.31. The predicted octanol–water partition coefficient (Wildman–Crippen LogP) is 2.61. The molecule has 1 aliphatic rings. The number of aryl methyl sites for hydroxylation is 2. The van der Waals surface area contributed by atoms with E-state index in [4.69, 9.17) is 9.26 Å². The maximum Gasteiger partial charge on any atom is 0.416 e.